The highest BCUT2D eigenvalue weighted by Crippen LogP contribution is 2.24. The molecule has 0 atom stereocenters. The Bertz CT molecular complexity index is 1150. The minimum absolute atomic E-state index is 0.392. The minimum Gasteiger partial charge on any atom is -0.472 e. The van der Waals surface area contributed by atoms with E-state index in [9.17, 15) is 5.26 Å². The second-order valence-electron chi connectivity index (χ2n) is 6.25. The Labute approximate surface area is 162 Å². The first-order chi connectivity index (χ1) is 13.7. The van der Waals surface area contributed by atoms with Crippen LogP contribution in [0, 0.1) is 18.3 Å². The Morgan fingerprint density at radius 1 is 1.04 bits per heavy atom. The Kier molecular flexibility index (Phi) is 4.85. The van der Waals surface area contributed by atoms with Crippen molar-refractivity contribution >= 4 is 23.3 Å². The minimum atomic E-state index is 0.392. The lowest BCUT2D eigenvalue weighted by molar-refractivity contribution is 0.292. The van der Waals surface area contributed by atoms with Crippen LogP contribution in [0.1, 0.15) is 28.3 Å². The normalized spacial score (nSPS) is 11.0. The molecule has 0 radical (unpaired) electrons. The first-order valence-corrected chi connectivity index (χ1v) is 8.85. The van der Waals surface area contributed by atoms with Gasteiger partial charge in [-0.25, -0.2) is 9.97 Å². The molecule has 4 rings (SSSR count). The molecule has 0 bridgehead atoms. The van der Waals surface area contributed by atoms with Gasteiger partial charge in [-0.3, -0.25) is 0 Å². The molecular formula is C23H17N3O2. The van der Waals surface area contributed by atoms with Crippen LogP contribution < -0.4 is 4.74 Å². The fourth-order valence-corrected chi connectivity index (χ4v) is 2.80. The van der Waals surface area contributed by atoms with Crippen LogP contribution in [0.15, 0.2) is 65.1 Å². The maximum atomic E-state index is 9.34. The van der Waals surface area contributed by atoms with Crippen molar-refractivity contribution in [2.75, 3.05) is 0 Å². The van der Waals surface area contributed by atoms with Crippen LogP contribution in [0.2, 0.25) is 0 Å². The number of ether oxygens (including phenoxy) is 1. The summed E-state index contributed by atoms with van der Waals surface area (Å²) in [6, 6.07) is 21.4. The predicted octanol–water partition coefficient (Wildman–Crippen LogP) is 5.15. The van der Waals surface area contributed by atoms with E-state index in [1.54, 1.807) is 25.1 Å². The summed E-state index contributed by atoms with van der Waals surface area (Å²) < 4.78 is 11.6. The number of hydrogen-bond donors (Lipinski definition) is 0. The molecule has 0 aliphatic carbocycles. The van der Waals surface area contributed by atoms with E-state index in [1.165, 1.54) is 0 Å². The summed E-state index contributed by atoms with van der Waals surface area (Å²) in [6.07, 6.45) is 3.56. The van der Waals surface area contributed by atoms with Gasteiger partial charge < -0.3 is 9.15 Å². The van der Waals surface area contributed by atoms with Crippen LogP contribution in [-0.4, -0.2) is 9.97 Å². The van der Waals surface area contributed by atoms with Crippen molar-refractivity contribution in [2.45, 2.75) is 13.5 Å². The highest BCUT2D eigenvalue weighted by Gasteiger charge is 2.10. The molecule has 136 valence electrons. The predicted molar refractivity (Wildman–Crippen MR) is 107 cm³/mol. The van der Waals surface area contributed by atoms with Gasteiger partial charge in [0.25, 0.3) is 0 Å². The van der Waals surface area contributed by atoms with Gasteiger partial charge in [0.1, 0.15) is 18.2 Å². The molecule has 4 aromatic rings. The second kappa shape index (κ2) is 7.77. The quantitative estimate of drug-likeness (QED) is 0.488. The molecule has 5 nitrogen and oxygen atoms in total. The maximum absolute atomic E-state index is 9.34. The fraction of sp³-hybridized carbons (Fsp3) is 0.0870. The van der Waals surface area contributed by atoms with Gasteiger partial charge in [-0.05, 0) is 36.8 Å². The maximum Gasteiger partial charge on any atom is 0.221 e. The number of fused-ring (bicyclic) bond motifs is 1. The summed E-state index contributed by atoms with van der Waals surface area (Å²) in [5.74, 6) is 0.946. The highest BCUT2D eigenvalue weighted by atomic mass is 16.5. The lowest BCUT2D eigenvalue weighted by Gasteiger charge is -2.10. The monoisotopic (exact) mass is 367 g/mol. The second-order valence-corrected chi connectivity index (χ2v) is 6.25. The number of aromatic nitrogens is 2. The van der Waals surface area contributed by atoms with E-state index in [0.29, 0.717) is 35.2 Å². The van der Waals surface area contributed by atoms with E-state index in [2.05, 4.69) is 16.0 Å². The molecule has 0 fully saturated rings. The third-order valence-electron chi connectivity index (χ3n) is 4.26. The van der Waals surface area contributed by atoms with Crippen LogP contribution in [0.4, 0.5) is 0 Å². The number of nitriles is 1. The van der Waals surface area contributed by atoms with E-state index in [4.69, 9.17) is 9.15 Å². The summed E-state index contributed by atoms with van der Waals surface area (Å²) in [7, 11) is 0. The van der Waals surface area contributed by atoms with Gasteiger partial charge in [0.2, 0.25) is 11.8 Å². The molecule has 5 heteroatoms. The molecule has 0 saturated carbocycles. The molecule has 0 aliphatic heterocycles. The van der Waals surface area contributed by atoms with Crippen LogP contribution in [-0.2, 0) is 6.61 Å². The van der Waals surface area contributed by atoms with E-state index in [1.807, 2.05) is 54.6 Å². The van der Waals surface area contributed by atoms with E-state index in [-0.39, 0.29) is 0 Å². The Hall–Kier alpha value is -3.91. The van der Waals surface area contributed by atoms with Gasteiger partial charge in [0.15, 0.2) is 5.58 Å². The van der Waals surface area contributed by atoms with Crippen molar-refractivity contribution < 1.29 is 9.15 Å². The lowest BCUT2D eigenvalue weighted by Crippen LogP contribution is -2.01. The zero-order valence-electron chi connectivity index (χ0n) is 15.3. The summed E-state index contributed by atoms with van der Waals surface area (Å²) in [5.41, 5.74) is 4.39. The standard InChI is InChI=1S/C23H17N3O2/c1-16-19(14-24)13-18(23(25-16)27-15-17-7-3-2-4-8-17)11-12-22-26-20-9-5-6-10-21(20)28-22/h2-13H,15H2,1H3. The number of para-hydroxylation sites is 2. The Morgan fingerprint density at radius 2 is 1.82 bits per heavy atom. The highest BCUT2D eigenvalue weighted by molar-refractivity contribution is 5.76. The van der Waals surface area contributed by atoms with Crippen molar-refractivity contribution in [3.05, 3.63) is 88.9 Å². The van der Waals surface area contributed by atoms with Crippen LogP contribution in [0.3, 0.4) is 0 Å². The van der Waals surface area contributed by atoms with Crippen molar-refractivity contribution in [3.8, 4) is 11.9 Å². The number of rotatable bonds is 5. The largest absolute Gasteiger partial charge is 0.472 e. The molecule has 0 N–H and O–H groups in total. The molecule has 0 amide bonds. The first-order valence-electron chi connectivity index (χ1n) is 8.85. The number of pyridine rings is 1. The number of oxazole rings is 1. The van der Waals surface area contributed by atoms with Crippen molar-refractivity contribution in [1.29, 1.82) is 5.26 Å². The third kappa shape index (κ3) is 3.76. The molecule has 2 heterocycles. The summed E-state index contributed by atoms with van der Waals surface area (Å²) >= 11 is 0. The Balaban J connectivity index is 1.64. The molecule has 2 aromatic heterocycles. The summed E-state index contributed by atoms with van der Waals surface area (Å²) in [4.78, 5) is 8.90. The first kappa shape index (κ1) is 17.5. The van der Waals surface area contributed by atoms with E-state index >= 15 is 0 Å². The van der Waals surface area contributed by atoms with Crippen molar-refractivity contribution in [3.63, 3.8) is 0 Å². The van der Waals surface area contributed by atoms with Gasteiger partial charge in [0.05, 0.1) is 11.3 Å². The fourth-order valence-electron chi connectivity index (χ4n) is 2.80. The molecule has 0 aliphatic rings. The lowest BCUT2D eigenvalue weighted by atomic mass is 10.1. The van der Waals surface area contributed by atoms with E-state index in [0.717, 1.165) is 16.7 Å². The Morgan fingerprint density at radius 3 is 2.61 bits per heavy atom. The smallest absolute Gasteiger partial charge is 0.221 e. The zero-order chi connectivity index (χ0) is 19.3. The van der Waals surface area contributed by atoms with Crippen molar-refractivity contribution in [1.82, 2.24) is 9.97 Å². The van der Waals surface area contributed by atoms with Crippen LogP contribution >= 0.6 is 0 Å². The van der Waals surface area contributed by atoms with Crippen molar-refractivity contribution in [2.24, 2.45) is 0 Å². The summed E-state index contributed by atoms with van der Waals surface area (Å²) in [6.45, 7) is 2.19. The van der Waals surface area contributed by atoms with Gasteiger partial charge in [-0.15, -0.1) is 0 Å². The average Bonchev–Trinajstić information content (AvgIpc) is 3.15. The molecule has 28 heavy (non-hydrogen) atoms. The number of aryl methyl sites for hydroxylation is 1. The molecule has 2 aromatic carbocycles. The van der Waals surface area contributed by atoms with Crippen LogP contribution in [0.25, 0.3) is 23.3 Å². The number of nitrogens with zero attached hydrogens (tertiary/aromatic N) is 3. The van der Waals surface area contributed by atoms with Gasteiger partial charge in [-0.2, -0.15) is 5.26 Å². The third-order valence-corrected chi connectivity index (χ3v) is 4.26. The topological polar surface area (TPSA) is 71.9 Å². The molecule has 0 spiro atoms. The number of hydrogen-bond acceptors (Lipinski definition) is 5. The summed E-state index contributed by atoms with van der Waals surface area (Å²) in [5, 5.41) is 9.34. The zero-order valence-corrected chi connectivity index (χ0v) is 15.3. The van der Waals surface area contributed by atoms with Gasteiger partial charge in [0, 0.05) is 11.6 Å². The average molecular weight is 367 g/mol. The molecule has 0 unspecified atom stereocenters. The SMILES string of the molecule is Cc1nc(OCc2ccccc2)c(C=Cc2nc3ccccc3o2)cc1C#N. The number of benzene rings is 2. The van der Waals surface area contributed by atoms with E-state index < -0.39 is 0 Å². The molecular weight excluding hydrogens is 350 g/mol. The van der Waals surface area contributed by atoms with Gasteiger partial charge >= 0.3 is 0 Å². The van der Waals surface area contributed by atoms with Gasteiger partial charge in [-0.1, -0.05) is 42.5 Å². The van der Waals surface area contributed by atoms with Crippen LogP contribution in [0.5, 0.6) is 5.88 Å². The molecule has 0 saturated heterocycles.